The van der Waals surface area contributed by atoms with Crippen molar-refractivity contribution in [3.05, 3.63) is 51.2 Å². The first-order chi connectivity index (χ1) is 9.29. The van der Waals surface area contributed by atoms with Crippen molar-refractivity contribution in [2.24, 2.45) is 0 Å². The topological polar surface area (TPSA) is 24.9 Å². The molecule has 0 bridgehead atoms. The number of thiazole rings is 1. The molecule has 1 heterocycles. The summed E-state index contributed by atoms with van der Waals surface area (Å²) < 4.78 is 14.0. The van der Waals surface area contributed by atoms with E-state index < -0.39 is 0 Å². The highest BCUT2D eigenvalue weighted by Crippen LogP contribution is 2.33. The van der Waals surface area contributed by atoms with E-state index in [1.54, 1.807) is 17.4 Å². The van der Waals surface area contributed by atoms with Crippen LogP contribution in [0.3, 0.4) is 0 Å². The van der Waals surface area contributed by atoms with Crippen molar-refractivity contribution in [2.45, 2.75) is 32.2 Å². The Morgan fingerprint density at radius 1 is 1.37 bits per heavy atom. The van der Waals surface area contributed by atoms with Gasteiger partial charge in [-0.05, 0) is 31.9 Å². The Morgan fingerprint density at radius 2 is 2.21 bits per heavy atom. The molecule has 0 saturated heterocycles. The van der Waals surface area contributed by atoms with Gasteiger partial charge in [0, 0.05) is 10.4 Å². The summed E-state index contributed by atoms with van der Waals surface area (Å²) in [7, 11) is 0. The number of nitrogens with zero attached hydrogens (tertiary/aromatic N) is 1. The molecule has 1 aliphatic rings. The minimum Gasteiger partial charge on any atom is -0.304 e. The Labute approximate surface area is 116 Å². The van der Waals surface area contributed by atoms with Gasteiger partial charge in [-0.3, -0.25) is 0 Å². The van der Waals surface area contributed by atoms with Gasteiger partial charge in [0.15, 0.2) is 0 Å². The van der Waals surface area contributed by atoms with E-state index in [4.69, 9.17) is 4.98 Å². The molecule has 4 heteroatoms. The van der Waals surface area contributed by atoms with Crippen LogP contribution in [0.1, 0.15) is 40.5 Å². The van der Waals surface area contributed by atoms with E-state index in [0.717, 1.165) is 24.4 Å². The zero-order valence-electron chi connectivity index (χ0n) is 10.9. The summed E-state index contributed by atoms with van der Waals surface area (Å²) in [4.78, 5) is 6.10. The van der Waals surface area contributed by atoms with E-state index in [0.29, 0.717) is 5.56 Å². The Morgan fingerprint density at radius 3 is 2.95 bits per heavy atom. The molecule has 19 heavy (non-hydrogen) atoms. The number of fused-ring (bicyclic) bond motifs is 1. The first-order valence-electron chi connectivity index (χ1n) is 6.76. The molecule has 1 aliphatic carbocycles. The average Bonchev–Trinajstić information content (AvgIpc) is 2.97. The SMILES string of the molecule is CCNC(c1nc2c(s1)CCC2)c1ccccc1F. The van der Waals surface area contributed by atoms with Gasteiger partial charge in [-0.1, -0.05) is 25.1 Å². The van der Waals surface area contributed by atoms with Crippen molar-refractivity contribution in [3.63, 3.8) is 0 Å². The Hall–Kier alpha value is -1.26. The van der Waals surface area contributed by atoms with Gasteiger partial charge < -0.3 is 5.32 Å². The number of nitrogens with one attached hydrogen (secondary N) is 1. The highest BCUT2D eigenvalue weighted by Gasteiger charge is 2.24. The van der Waals surface area contributed by atoms with E-state index in [-0.39, 0.29) is 11.9 Å². The number of rotatable bonds is 4. The molecule has 1 aromatic carbocycles. The zero-order valence-corrected chi connectivity index (χ0v) is 11.8. The predicted molar refractivity (Wildman–Crippen MR) is 76.1 cm³/mol. The molecule has 2 nitrogen and oxygen atoms in total. The van der Waals surface area contributed by atoms with Crippen LogP contribution in [0.25, 0.3) is 0 Å². The van der Waals surface area contributed by atoms with Gasteiger partial charge in [-0.15, -0.1) is 11.3 Å². The molecule has 0 fully saturated rings. The van der Waals surface area contributed by atoms with Crippen molar-refractivity contribution in [1.29, 1.82) is 0 Å². The molecule has 3 rings (SSSR count). The first kappa shape index (κ1) is 12.8. The van der Waals surface area contributed by atoms with Crippen LogP contribution in [0.2, 0.25) is 0 Å². The molecule has 1 atom stereocenters. The van der Waals surface area contributed by atoms with Gasteiger partial charge in [0.1, 0.15) is 10.8 Å². The standard InChI is InChI=1S/C15H17FN2S/c1-2-17-14(10-6-3-4-7-11(10)16)15-18-12-8-5-9-13(12)19-15/h3-4,6-7,14,17H,2,5,8-9H2,1H3. The molecule has 0 aliphatic heterocycles. The summed E-state index contributed by atoms with van der Waals surface area (Å²) in [6, 6.07) is 6.84. The minimum absolute atomic E-state index is 0.123. The van der Waals surface area contributed by atoms with Crippen molar-refractivity contribution >= 4 is 11.3 Å². The number of hydrogen-bond donors (Lipinski definition) is 1. The zero-order chi connectivity index (χ0) is 13.2. The molecule has 0 saturated carbocycles. The fourth-order valence-electron chi connectivity index (χ4n) is 2.58. The number of halogens is 1. The lowest BCUT2D eigenvalue weighted by atomic mass is 10.1. The lowest BCUT2D eigenvalue weighted by molar-refractivity contribution is 0.557. The third kappa shape index (κ3) is 2.42. The van der Waals surface area contributed by atoms with Crippen LogP contribution in [0, 0.1) is 5.82 Å². The highest BCUT2D eigenvalue weighted by molar-refractivity contribution is 7.11. The second-order valence-electron chi connectivity index (χ2n) is 4.79. The van der Waals surface area contributed by atoms with Gasteiger partial charge in [-0.25, -0.2) is 9.37 Å². The Balaban J connectivity index is 1.98. The smallest absolute Gasteiger partial charge is 0.128 e. The molecule has 1 N–H and O–H groups in total. The maximum absolute atomic E-state index is 14.0. The fraction of sp³-hybridized carbons (Fsp3) is 0.400. The molecule has 1 aromatic heterocycles. The third-order valence-electron chi connectivity index (χ3n) is 3.48. The quantitative estimate of drug-likeness (QED) is 0.925. The van der Waals surface area contributed by atoms with Crippen LogP contribution < -0.4 is 5.32 Å². The number of hydrogen-bond acceptors (Lipinski definition) is 3. The lowest BCUT2D eigenvalue weighted by Crippen LogP contribution is -2.23. The maximum atomic E-state index is 14.0. The number of aryl methyl sites for hydroxylation is 2. The summed E-state index contributed by atoms with van der Waals surface area (Å²) in [5.74, 6) is -0.163. The van der Waals surface area contributed by atoms with Gasteiger partial charge in [-0.2, -0.15) is 0 Å². The Bertz CT molecular complexity index is 558. The van der Waals surface area contributed by atoms with E-state index >= 15 is 0 Å². The summed E-state index contributed by atoms with van der Waals surface area (Å²) >= 11 is 1.73. The summed E-state index contributed by atoms with van der Waals surface area (Å²) in [5, 5.41) is 4.35. The maximum Gasteiger partial charge on any atom is 0.128 e. The largest absolute Gasteiger partial charge is 0.304 e. The lowest BCUT2D eigenvalue weighted by Gasteiger charge is -2.16. The van der Waals surface area contributed by atoms with Crippen LogP contribution in [-0.2, 0) is 12.8 Å². The summed E-state index contributed by atoms with van der Waals surface area (Å²) in [6.45, 7) is 2.83. The van der Waals surface area contributed by atoms with Crippen LogP contribution in [0.4, 0.5) is 4.39 Å². The normalized spacial score (nSPS) is 15.5. The summed E-state index contributed by atoms with van der Waals surface area (Å²) in [6.07, 6.45) is 3.41. The summed E-state index contributed by atoms with van der Waals surface area (Å²) in [5.41, 5.74) is 1.91. The molecular formula is C15H17FN2S. The van der Waals surface area contributed by atoms with E-state index in [2.05, 4.69) is 5.32 Å². The van der Waals surface area contributed by atoms with Crippen molar-refractivity contribution in [1.82, 2.24) is 10.3 Å². The van der Waals surface area contributed by atoms with Crippen molar-refractivity contribution in [3.8, 4) is 0 Å². The number of benzene rings is 1. The third-order valence-corrected chi connectivity index (χ3v) is 4.71. The van der Waals surface area contributed by atoms with E-state index in [1.165, 1.54) is 23.1 Å². The minimum atomic E-state index is -0.163. The average molecular weight is 276 g/mol. The van der Waals surface area contributed by atoms with Gasteiger partial charge in [0.2, 0.25) is 0 Å². The highest BCUT2D eigenvalue weighted by atomic mass is 32.1. The monoisotopic (exact) mass is 276 g/mol. The van der Waals surface area contributed by atoms with Crippen molar-refractivity contribution in [2.75, 3.05) is 6.54 Å². The molecule has 100 valence electrons. The van der Waals surface area contributed by atoms with Crippen LogP contribution >= 0.6 is 11.3 Å². The molecule has 0 radical (unpaired) electrons. The van der Waals surface area contributed by atoms with Crippen LogP contribution in [0.15, 0.2) is 24.3 Å². The Kier molecular flexibility index (Phi) is 3.62. The second-order valence-corrected chi connectivity index (χ2v) is 5.90. The van der Waals surface area contributed by atoms with Crippen LogP contribution in [0.5, 0.6) is 0 Å². The van der Waals surface area contributed by atoms with Gasteiger partial charge in [0.05, 0.1) is 11.7 Å². The van der Waals surface area contributed by atoms with Gasteiger partial charge in [0.25, 0.3) is 0 Å². The van der Waals surface area contributed by atoms with Crippen LogP contribution in [-0.4, -0.2) is 11.5 Å². The fourth-order valence-corrected chi connectivity index (χ4v) is 3.83. The molecule has 2 aromatic rings. The number of aromatic nitrogens is 1. The van der Waals surface area contributed by atoms with E-state index in [1.807, 2.05) is 19.1 Å². The molecular weight excluding hydrogens is 259 g/mol. The molecule has 1 unspecified atom stereocenters. The van der Waals surface area contributed by atoms with Crippen molar-refractivity contribution < 1.29 is 4.39 Å². The first-order valence-corrected chi connectivity index (χ1v) is 7.57. The second kappa shape index (κ2) is 5.39. The molecule has 0 amide bonds. The predicted octanol–water partition coefficient (Wildman–Crippen LogP) is 3.47. The van der Waals surface area contributed by atoms with E-state index in [9.17, 15) is 4.39 Å². The molecule has 0 spiro atoms. The van der Waals surface area contributed by atoms with Gasteiger partial charge >= 0.3 is 0 Å².